The minimum Gasteiger partial charge on any atom is -0.495 e. The van der Waals surface area contributed by atoms with Gasteiger partial charge in [0.15, 0.2) is 0 Å². The quantitative estimate of drug-likeness (QED) is 0.764. The Balaban J connectivity index is 1.37. The summed E-state index contributed by atoms with van der Waals surface area (Å²) in [5.41, 5.74) is 1.14. The smallest absolute Gasteiger partial charge is 0.142 e. The molecule has 0 amide bonds. The topological polar surface area (TPSA) is 54.4 Å². The maximum Gasteiger partial charge on any atom is 0.142 e. The molecule has 2 heterocycles. The average Bonchev–Trinajstić information content (AvgIpc) is 3.16. The first kappa shape index (κ1) is 18.5. The minimum absolute atomic E-state index is 0.219. The number of benzene rings is 1. The van der Waals surface area contributed by atoms with Crippen LogP contribution < -0.4 is 9.64 Å². The van der Waals surface area contributed by atoms with Crippen LogP contribution in [0.2, 0.25) is 0 Å². The molecule has 1 aromatic carbocycles. The number of hydrogen-bond donors (Lipinski definition) is 1. The molecule has 2 fully saturated rings. The number of methoxy groups -OCH3 is 1. The van der Waals surface area contributed by atoms with Crippen LogP contribution in [0.4, 0.5) is 5.69 Å². The van der Waals surface area contributed by atoms with E-state index in [1.165, 1.54) is 0 Å². The van der Waals surface area contributed by atoms with Gasteiger partial charge < -0.3 is 24.2 Å². The molecule has 2 aliphatic rings. The average molecular weight is 350 g/mol. The lowest BCUT2D eigenvalue weighted by Crippen LogP contribution is -2.49. The number of aliphatic hydroxyl groups excluding tert-OH is 1. The number of aliphatic hydroxyl groups is 1. The molecule has 6 nitrogen and oxygen atoms in total. The maximum atomic E-state index is 10.2. The molecule has 0 aromatic heterocycles. The van der Waals surface area contributed by atoms with Gasteiger partial charge in [-0.05, 0) is 25.0 Å². The largest absolute Gasteiger partial charge is 0.495 e. The summed E-state index contributed by atoms with van der Waals surface area (Å²) in [4.78, 5) is 4.64. The highest BCUT2D eigenvalue weighted by atomic mass is 16.5. The first-order valence-electron chi connectivity index (χ1n) is 9.24. The highest BCUT2D eigenvalue weighted by molar-refractivity contribution is 5.58. The van der Waals surface area contributed by atoms with Gasteiger partial charge in [-0.1, -0.05) is 12.1 Å². The Hall–Kier alpha value is -1.34. The zero-order valence-electron chi connectivity index (χ0n) is 15.1. The molecule has 6 heteroatoms. The van der Waals surface area contributed by atoms with E-state index in [-0.39, 0.29) is 6.10 Å². The Morgan fingerprint density at radius 2 is 2.04 bits per heavy atom. The molecule has 1 N–H and O–H groups in total. The van der Waals surface area contributed by atoms with Gasteiger partial charge in [0.1, 0.15) is 5.75 Å². The molecule has 3 rings (SSSR count). The monoisotopic (exact) mass is 350 g/mol. The van der Waals surface area contributed by atoms with Gasteiger partial charge in [-0.25, -0.2) is 0 Å². The fraction of sp³-hybridized carbons (Fsp3) is 0.684. The number of β-amino-alcohol motifs (C(OH)–C–C–N with tert-alkyl or cyclic N) is 1. The van der Waals surface area contributed by atoms with Crippen LogP contribution in [0.3, 0.4) is 0 Å². The van der Waals surface area contributed by atoms with Gasteiger partial charge in [-0.15, -0.1) is 0 Å². The van der Waals surface area contributed by atoms with Gasteiger partial charge in [-0.3, -0.25) is 4.90 Å². The predicted molar refractivity (Wildman–Crippen MR) is 97.4 cm³/mol. The third kappa shape index (κ3) is 5.31. The molecule has 0 spiro atoms. The van der Waals surface area contributed by atoms with Crippen molar-refractivity contribution in [3.63, 3.8) is 0 Å². The van der Waals surface area contributed by atoms with E-state index < -0.39 is 6.10 Å². The van der Waals surface area contributed by atoms with Crippen LogP contribution in [0.1, 0.15) is 12.8 Å². The standard InChI is InChI=1S/C19H30N2O4/c1-23-19-7-3-2-6-18(19)21-10-8-20(9-11-21)13-16(22)14-24-15-17-5-4-12-25-17/h2-3,6-7,16-17,22H,4-5,8-15H2,1H3/t16-,17-/m0/s1. The van der Waals surface area contributed by atoms with Gasteiger partial charge >= 0.3 is 0 Å². The first-order valence-corrected chi connectivity index (χ1v) is 9.24. The third-order valence-electron chi connectivity index (χ3n) is 4.91. The van der Waals surface area contributed by atoms with Gasteiger partial charge in [0.25, 0.3) is 0 Å². The molecule has 2 atom stereocenters. The third-order valence-corrected chi connectivity index (χ3v) is 4.91. The van der Waals surface area contributed by atoms with E-state index in [1.807, 2.05) is 18.2 Å². The van der Waals surface area contributed by atoms with Crippen molar-refractivity contribution >= 4 is 5.69 Å². The van der Waals surface area contributed by atoms with Crippen LogP contribution in [-0.4, -0.2) is 81.9 Å². The van der Waals surface area contributed by atoms with Gasteiger partial charge in [0.05, 0.1) is 38.2 Å². The Morgan fingerprint density at radius 1 is 1.24 bits per heavy atom. The molecule has 0 saturated carbocycles. The summed E-state index contributed by atoms with van der Waals surface area (Å²) in [7, 11) is 1.71. The van der Waals surface area contributed by atoms with Crippen molar-refractivity contribution in [2.75, 3.05) is 64.6 Å². The SMILES string of the molecule is COc1ccccc1N1CCN(C[C@H](O)COC[C@@H]2CCCO2)CC1. The fourth-order valence-corrected chi connectivity index (χ4v) is 3.52. The lowest BCUT2D eigenvalue weighted by Gasteiger charge is -2.37. The number of hydrogen-bond acceptors (Lipinski definition) is 6. The van der Waals surface area contributed by atoms with E-state index in [9.17, 15) is 5.11 Å². The second kappa shape index (κ2) is 9.38. The lowest BCUT2D eigenvalue weighted by molar-refractivity contribution is -0.0254. The van der Waals surface area contributed by atoms with E-state index in [0.29, 0.717) is 19.8 Å². The second-order valence-electron chi connectivity index (χ2n) is 6.79. The Kier molecular flexibility index (Phi) is 6.93. The molecule has 0 bridgehead atoms. The number of rotatable bonds is 8. The number of anilines is 1. The number of nitrogens with zero attached hydrogens (tertiary/aromatic N) is 2. The minimum atomic E-state index is -0.445. The van der Waals surface area contributed by atoms with Crippen LogP contribution in [0.25, 0.3) is 0 Å². The summed E-state index contributed by atoms with van der Waals surface area (Å²) in [5.74, 6) is 0.915. The van der Waals surface area contributed by atoms with Crippen LogP contribution in [0.15, 0.2) is 24.3 Å². The highest BCUT2D eigenvalue weighted by Crippen LogP contribution is 2.28. The van der Waals surface area contributed by atoms with Crippen molar-refractivity contribution in [1.29, 1.82) is 0 Å². The van der Waals surface area contributed by atoms with E-state index >= 15 is 0 Å². The number of para-hydroxylation sites is 2. The fourth-order valence-electron chi connectivity index (χ4n) is 3.52. The Bertz CT molecular complexity index is 514. The van der Waals surface area contributed by atoms with E-state index in [1.54, 1.807) is 7.11 Å². The Morgan fingerprint density at radius 3 is 2.76 bits per heavy atom. The summed E-state index contributed by atoms with van der Waals surface area (Å²) in [6, 6.07) is 8.13. The van der Waals surface area contributed by atoms with E-state index in [4.69, 9.17) is 14.2 Å². The summed E-state index contributed by atoms with van der Waals surface area (Å²) in [6.45, 7) is 6.21. The van der Waals surface area contributed by atoms with E-state index in [0.717, 1.165) is 57.1 Å². The Labute approximate surface area is 150 Å². The molecule has 0 unspecified atom stereocenters. The molecule has 2 aliphatic heterocycles. The molecule has 1 aromatic rings. The molecule has 0 aliphatic carbocycles. The molecular weight excluding hydrogens is 320 g/mol. The summed E-state index contributed by atoms with van der Waals surface area (Å²) < 4.78 is 16.6. The molecule has 2 saturated heterocycles. The number of piperazine rings is 1. The van der Waals surface area contributed by atoms with Crippen LogP contribution in [0, 0.1) is 0 Å². The van der Waals surface area contributed by atoms with Crippen molar-refractivity contribution in [1.82, 2.24) is 4.90 Å². The van der Waals surface area contributed by atoms with Crippen LogP contribution >= 0.6 is 0 Å². The summed E-state index contributed by atoms with van der Waals surface area (Å²) in [5, 5.41) is 10.2. The van der Waals surface area contributed by atoms with Gasteiger partial charge in [0, 0.05) is 39.3 Å². The first-order chi connectivity index (χ1) is 12.3. The number of ether oxygens (including phenoxy) is 3. The summed E-state index contributed by atoms with van der Waals surface area (Å²) >= 11 is 0. The van der Waals surface area contributed by atoms with Crippen molar-refractivity contribution < 1.29 is 19.3 Å². The predicted octanol–water partition coefficient (Wildman–Crippen LogP) is 1.37. The van der Waals surface area contributed by atoms with Crippen molar-refractivity contribution in [2.45, 2.75) is 25.0 Å². The van der Waals surface area contributed by atoms with Gasteiger partial charge in [0.2, 0.25) is 0 Å². The lowest BCUT2D eigenvalue weighted by atomic mass is 10.2. The van der Waals surface area contributed by atoms with E-state index in [2.05, 4.69) is 15.9 Å². The maximum absolute atomic E-state index is 10.2. The van der Waals surface area contributed by atoms with Crippen LogP contribution in [-0.2, 0) is 9.47 Å². The van der Waals surface area contributed by atoms with Crippen molar-refractivity contribution in [2.24, 2.45) is 0 Å². The molecular formula is C19H30N2O4. The highest BCUT2D eigenvalue weighted by Gasteiger charge is 2.22. The normalized spacial score (nSPS) is 23.0. The molecule has 0 radical (unpaired) electrons. The summed E-state index contributed by atoms with van der Waals surface area (Å²) in [6.07, 6.45) is 1.96. The molecule has 25 heavy (non-hydrogen) atoms. The van der Waals surface area contributed by atoms with Crippen molar-refractivity contribution in [3.05, 3.63) is 24.3 Å². The van der Waals surface area contributed by atoms with Crippen LogP contribution in [0.5, 0.6) is 5.75 Å². The zero-order chi connectivity index (χ0) is 17.5. The molecule has 140 valence electrons. The van der Waals surface area contributed by atoms with Gasteiger partial charge in [-0.2, -0.15) is 0 Å². The van der Waals surface area contributed by atoms with Crippen molar-refractivity contribution in [3.8, 4) is 5.75 Å². The second-order valence-corrected chi connectivity index (χ2v) is 6.79. The zero-order valence-corrected chi connectivity index (χ0v) is 15.1.